The van der Waals surface area contributed by atoms with Crippen molar-refractivity contribution in [3.05, 3.63) is 0 Å². The molecule has 0 saturated carbocycles. The Hall–Kier alpha value is 0.407. The Balaban J connectivity index is 2.03. The molecule has 0 bridgehead atoms. The molecule has 0 amide bonds. The largest absolute Gasteiger partial charge is 0.368 e. The van der Waals surface area contributed by atoms with Gasteiger partial charge in [0.15, 0.2) is 6.29 Å². The zero-order chi connectivity index (χ0) is 12.3. The standard InChI is InChI=1S/C11H25NO3SSi/c13-11(4-1-7-16)15-9-14-10-3-2-8-17-12-6-5-10/h10-13,16H,1-9,17H2. The summed E-state index contributed by atoms with van der Waals surface area (Å²) in [5.41, 5.74) is 0. The summed E-state index contributed by atoms with van der Waals surface area (Å²) in [7, 11) is 0.00311. The lowest BCUT2D eigenvalue weighted by Gasteiger charge is -2.21. The molecule has 4 nitrogen and oxygen atoms in total. The number of hydrogen-bond acceptors (Lipinski definition) is 5. The van der Waals surface area contributed by atoms with Crippen molar-refractivity contribution in [2.24, 2.45) is 0 Å². The zero-order valence-electron chi connectivity index (χ0n) is 10.4. The van der Waals surface area contributed by atoms with E-state index in [1.807, 2.05) is 0 Å². The van der Waals surface area contributed by atoms with E-state index in [9.17, 15) is 5.11 Å². The van der Waals surface area contributed by atoms with Crippen LogP contribution in [0, 0.1) is 0 Å². The molecule has 102 valence electrons. The first-order chi connectivity index (χ1) is 8.33. The topological polar surface area (TPSA) is 50.7 Å². The molecule has 0 spiro atoms. The number of nitrogens with one attached hydrogen (secondary N) is 1. The second-order valence-corrected chi connectivity index (χ2v) is 6.58. The second kappa shape index (κ2) is 10.3. The van der Waals surface area contributed by atoms with Gasteiger partial charge in [0.05, 0.1) is 15.8 Å². The minimum atomic E-state index is -0.707. The molecule has 17 heavy (non-hydrogen) atoms. The lowest BCUT2D eigenvalue weighted by Crippen LogP contribution is -2.29. The van der Waals surface area contributed by atoms with Crippen LogP contribution >= 0.6 is 12.6 Å². The highest BCUT2D eigenvalue weighted by Gasteiger charge is 2.12. The Kier molecular flexibility index (Phi) is 9.41. The van der Waals surface area contributed by atoms with Gasteiger partial charge < -0.3 is 19.6 Å². The first kappa shape index (κ1) is 15.5. The van der Waals surface area contributed by atoms with Crippen molar-refractivity contribution < 1.29 is 14.6 Å². The molecule has 2 unspecified atom stereocenters. The lowest BCUT2D eigenvalue weighted by atomic mass is 10.1. The summed E-state index contributed by atoms with van der Waals surface area (Å²) in [5, 5.41) is 9.47. The molecule has 0 aromatic heterocycles. The highest BCUT2D eigenvalue weighted by atomic mass is 32.1. The molecule has 0 aliphatic carbocycles. The average molecular weight is 279 g/mol. The van der Waals surface area contributed by atoms with Crippen LogP contribution in [0.25, 0.3) is 0 Å². The molecule has 0 radical (unpaired) electrons. The SMILES string of the molecule is OC(CCCS)OCOC1CCC[SiH2]NCC1. The first-order valence-electron chi connectivity index (χ1n) is 6.56. The van der Waals surface area contributed by atoms with Crippen molar-refractivity contribution in [1.82, 2.24) is 4.98 Å². The average Bonchev–Trinajstić information content (AvgIpc) is 2.29. The summed E-state index contributed by atoms with van der Waals surface area (Å²) in [6, 6.07) is 1.35. The molecule has 2 N–H and O–H groups in total. The summed E-state index contributed by atoms with van der Waals surface area (Å²) in [5.74, 6) is 0.777. The molecule has 1 aliphatic rings. The van der Waals surface area contributed by atoms with Crippen molar-refractivity contribution >= 4 is 22.3 Å². The molecular formula is C11H25NO3SSi. The number of aliphatic hydroxyl groups excluding tert-OH is 1. The van der Waals surface area contributed by atoms with Crippen LogP contribution in [-0.4, -0.2) is 46.3 Å². The van der Waals surface area contributed by atoms with E-state index >= 15 is 0 Å². The predicted octanol–water partition coefficient (Wildman–Crippen LogP) is 0.650. The highest BCUT2D eigenvalue weighted by molar-refractivity contribution is 7.80. The Morgan fingerprint density at radius 2 is 2.35 bits per heavy atom. The van der Waals surface area contributed by atoms with Crippen molar-refractivity contribution in [2.45, 2.75) is 50.5 Å². The molecule has 0 aromatic rings. The fourth-order valence-electron chi connectivity index (χ4n) is 1.88. The van der Waals surface area contributed by atoms with Gasteiger partial charge in [0.2, 0.25) is 0 Å². The third kappa shape index (κ3) is 8.18. The molecule has 6 heteroatoms. The monoisotopic (exact) mass is 279 g/mol. The van der Waals surface area contributed by atoms with E-state index in [-0.39, 0.29) is 22.6 Å². The van der Waals surface area contributed by atoms with Crippen molar-refractivity contribution in [1.29, 1.82) is 0 Å². The minimum Gasteiger partial charge on any atom is -0.368 e. The van der Waals surface area contributed by atoms with Gasteiger partial charge in [0, 0.05) is 0 Å². The van der Waals surface area contributed by atoms with Crippen LogP contribution in [0.3, 0.4) is 0 Å². The van der Waals surface area contributed by atoms with E-state index in [0.717, 1.165) is 31.6 Å². The van der Waals surface area contributed by atoms with E-state index in [2.05, 4.69) is 17.6 Å². The third-order valence-corrected chi connectivity index (χ3v) is 4.82. The van der Waals surface area contributed by atoms with E-state index in [1.54, 1.807) is 0 Å². The molecule has 1 saturated heterocycles. The van der Waals surface area contributed by atoms with Crippen LogP contribution in [-0.2, 0) is 9.47 Å². The van der Waals surface area contributed by atoms with E-state index in [0.29, 0.717) is 6.42 Å². The van der Waals surface area contributed by atoms with Crippen LogP contribution in [0.4, 0.5) is 0 Å². The summed E-state index contributed by atoms with van der Waals surface area (Å²) >= 11 is 4.09. The van der Waals surface area contributed by atoms with Gasteiger partial charge >= 0.3 is 0 Å². The smallest absolute Gasteiger partial charge is 0.157 e. The summed E-state index contributed by atoms with van der Waals surface area (Å²) < 4.78 is 10.8. The fourth-order valence-corrected chi connectivity index (χ4v) is 3.31. The van der Waals surface area contributed by atoms with Gasteiger partial charge in [-0.3, -0.25) is 0 Å². The van der Waals surface area contributed by atoms with E-state index in [4.69, 9.17) is 9.47 Å². The van der Waals surface area contributed by atoms with Crippen molar-refractivity contribution in [3.8, 4) is 0 Å². The summed E-state index contributed by atoms with van der Waals surface area (Å²) in [6.07, 6.45) is 4.52. The maximum Gasteiger partial charge on any atom is 0.157 e. The van der Waals surface area contributed by atoms with Crippen LogP contribution in [0.15, 0.2) is 0 Å². The van der Waals surface area contributed by atoms with Gasteiger partial charge in [-0.25, -0.2) is 0 Å². The van der Waals surface area contributed by atoms with Gasteiger partial charge in [-0.1, -0.05) is 6.42 Å². The number of hydrogen-bond donors (Lipinski definition) is 3. The van der Waals surface area contributed by atoms with Crippen LogP contribution in [0.1, 0.15) is 32.1 Å². The summed E-state index contributed by atoms with van der Waals surface area (Å²) in [6.45, 7) is 1.27. The Bertz CT molecular complexity index is 180. The maximum atomic E-state index is 9.47. The molecular weight excluding hydrogens is 254 g/mol. The Labute approximate surface area is 112 Å². The molecule has 2 atom stereocenters. The van der Waals surface area contributed by atoms with Crippen molar-refractivity contribution in [3.63, 3.8) is 0 Å². The molecule has 1 fully saturated rings. The van der Waals surface area contributed by atoms with Crippen LogP contribution in [0.2, 0.25) is 6.04 Å². The first-order valence-corrected chi connectivity index (χ1v) is 8.89. The van der Waals surface area contributed by atoms with E-state index in [1.165, 1.54) is 12.5 Å². The molecule has 1 heterocycles. The van der Waals surface area contributed by atoms with Gasteiger partial charge in [0.25, 0.3) is 0 Å². The third-order valence-electron chi connectivity index (χ3n) is 2.95. The number of rotatable bonds is 7. The summed E-state index contributed by atoms with van der Waals surface area (Å²) in [4.78, 5) is 3.50. The van der Waals surface area contributed by atoms with Gasteiger partial charge in [-0.15, -0.1) is 0 Å². The number of thiol groups is 1. The predicted molar refractivity (Wildman–Crippen MR) is 75.1 cm³/mol. The molecule has 1 rings (SSSR count). The number of aliphatic hydroxyl groups is 1. The Morgan fingerprint density at radius 1 is 1.47 bits per heavy atom. The van der Waals surface area contributed by atoms with Crippen molar-refractivity contribution in [2.75, 3.05) is 19.1 Å². The zero-order valence-corrected chi connectivity index (χ0v) is 12.7. The Morgan fingerprint density at radius 3 is 3.18 bits per heavy atom. The fraction of sp³-hybridized carbons (Fsp3) is 1.00. The quantitative estimate of drug-likeness (QED) is 0.364. The van der Waals surface area contributed by atoms with Gasteiger partial charge in [-0.2, -0.15) is 12.6 Å². The molecule has 0 aromatic carbocycles. The van der Waals surface area contributed by atoms with Crippen LogP contribution < -0.4 is 4.98 Å². The van der Waals surface area contributed by atoms with Crippen LogP contribution in [0.5, 0.6) is 0 Å². The number of ether oxygens (including phenoxy) is 2. The lowest BCUT2D eigenvalue weighted by molar-refractivity contribution is -0.187. The maximum absolute atomic E-state index is 9.47. The van der Waals surface area contributed by atoms with E-state index < -0.39 is 6.29 Å². The van der Waals surface area contributed by atoms with Gasteiger partial charge in [-0.05, 0) is 44.0 Å². The normalized spacial score (nSPS) is 25.4. The minimum absolute atomic E-state index is 0.00311. The van der Waals surface area contributed by atoms with Gasteiger partial charge in [0.1, 0.15) is 6.79 Å². The molecule has 1 aliphatic heterocycles. The second-order valence-electron chi connectivity index (χ2n) is 4.43. The highest BCUT2D eigenvalue weighted by Crippen LogP contribution is 2.11.